The van der Waals surface area contributed by atoms with Crippen molar-refractivity contribution in [1.29, 1.82) is 0 Å². The molecule has 2 heterocycles. The van der Waals surface area contributed by atoms with Crippen LogP contribution in [0.15, 0.2) is 11.5 Å². The topological polar surface area (TPSA) is 104 Å². The highest BCUT2D eigenvalue weighted by atomic mass is 32.1. The third-order valence-corrected chi connectivity index (χ3v) is 4.91. The van der Waals surface area contributed by atoms with Crippen molar-refractivity contribution in [1.82, 2.24) is 9.88 Å². The van der Waals surface area contributed by atoms with Gasteiger partial charge in [0.25, 0.3) is 0 Å². The van der Waals surface area contributed by atoms with Crippen molar-refractivity contribution in [3.05, 3.63) is 22.2 Å². The van der Waals surface area contributed by atoms with Crippen molar-refractivity contribution in [2.24, 2.45) is 5.73 Å². The molecule has 1 aromatic heterocycles. The van der Waals surface area contributed by atoms with Crippen LogP contribution in [0, 0.1) is 0 Å². The molecule has 1 saturated heterocycles. The molecular formula is C19H29N3O5S. The highest BCUT2D eigenvalue weighted by molar-refractivity contribution is 7.09. The molecule has 0 radical (unpaired) electrons. The van der Waals surface area contributed by atoms with E-state index in [4.69, 9.17) is 19.9 Å². The van der Waals surface area contributed by atoms with Crippen LogP contribution in [0.3, 0.4) is 0 Å². The third-order valence-electron chi connectivity index (χ3n) is 4.00. The van der Waals surface area contributed by atoms with Crippen LogP contribution in [-0.4, -0.2) is 46.0 Å². The molecule has 0 bridgehead atoms. The van der Waals surface area contributed by atoms with Gasteiger partial charge < -0.3 is 19.9 Å². The molecule has 9 heteroatoms. The van der Waals surface area contributed by atoms with Crippen molar-refractivity contribution in [3.8, 4) is 0 Å². The molecule has 0 aliphatic carbocycles. The fourth-order valence-corrected chi connectivity index (χ4v) is 4.03. The van der Waals surface area contributed by atoms with Gasteiger partial charge in [-0.25, -0.2) is 14.6 Å². The first-order valence-corrected chi connectivity index (χ1v) is 10.0. The van der Waals surface area contributed by atoms with E-state index in [0.717, 1.165) is 0 Å². The van der Waals surface area contributed by atoms with Crippen LogP contribution in [0.4, 0.5) is 4.79 Å². The molecule has 1 amide bonds. The molecule has 0 spiro atoms. The van der Waals surface area contributed by atoms with Crippen molar-refractivity contribution in [2.75, 3.05) is 6.61 Å². The highest BCUT2D eigenvalue weighted by Gasteiger charge is 2.51. The zero-order valence-corrected chi connectivity index (χ0v) is 18.3. The summed E-state index contributed by atoms with van der Waals surface area (Å²) in [5.74, 6) is -0.524. The third kappa shape index (κ3) is 5.02. The first kappa shape index (κ1) is 22.2. The van der Waals surface area contributed by atoms with Crippen molar-refractivity contribution < 1.29 is 23.8 Å². The summed E-state index contributed by atoms with van der Waals surface area (Å²) >= 11 is 1.35. The second kappa shape index (κ2) is 8.08. The van der Waals surface area contributed by atoms with Gasteiger partial charge in [0, 0.05) is 11.5 Å². The molecule has 0 aromatic carbocycles. The van der Waals surface area contributed by atoms with E-state index >= 15 is 0 Å². The minimum Gasteiger partial charge on any atom is -0.463 e. The van der Waals surface area contributed by atoms with E-state index in [-0.39, 0.29) is 18.4 Å². The number of hydrogen-bond donors (Lipinski definition) is 1. The maximum Gasteiger partial charge on any atom is 0.413 e. The summed E-state index contributed by atoms with van der Waals surface area (Å²) in [4.78, 5) is 30.6. The second-order valence-corrected chi connectivity index (χ2v) is 8.88. The van der Waals surface area contributed by atoms with E-state index < -0.39 is 29.4 Å². The lowest BCUT2D eigenvalue weighted by molar-refractivity contribution is -0.137. The quantitative estimate of drug-likeness (QED) is 0.598. The van der Waals surface area contributed by atoms with Gasteiger partial charge in [0.15, 0.2) is 0 Å². The molecule has 2 N–H and O–H groups in total. The molecule has 1 aliphatic heterocycles. The number of esters is 1. The van der Waals surface area contributed by atoms with Gasteiger partial charge in [0.2, 0.25) is 0 Å². The number of carbonyl (C=O) groups excluding carboxylic acids is 2. The second-order valence-electron chi connectivity index (χ2n) is 7.99. The maximum atomic E-state index is 12.9. The standard InChI is InChI=1S/C19H29N3O5S/c1-8-25-14(23)9-12(20)13-10-28-16(21-13)15-11(2)26-19(6,7)22(15)17(24)27-18(3,4)5/h9-11,15H,8,20H2,1-7H3/b12-9-/t11-,15+/m1/s1. The number of aromatic nitrogens is 1. The Morgan fingerprint density at radius 2 is 2.07 bits per heavy atom. The first-order chi connectivity index (χ1) is 12.9. The molecule has 8 nitrogen and oxygen atoms in total. The molecule has 2 atom stereocenters. The smallest absolute Gasteiger partial charge is 0.413 e. The molecule has 0 saturated carbocycles. The van der Waals surface area contributed by atoms with Gasteiger partial charge in [0.1, 0.15) is 22.4 Å². The Kier molecular flexibility index (Phi) is 6.40. The normalized spacial score (nSPS) is 22.2. The van der Waals surface area contributed by atoms with Gasteiger partial charge in [-0.3, -0.25) is 4.90 Å². The molecule has 0 unspecified atom stereocenters. The van der Waals surface area contributed by atoms with Gasteiger partial charge in [-0.2, -0.15) is 0 Å². The summed E-state index contributed by atoms with van der Waals surface area (Å²) in [6, 6.07) is -0.431. The zero-order valence-electron chi connectivity index (χ0n) is 17.4. The fourth-order valence-electron chi connectivity index (χ4n) is 3.02. The van der Waals surface area contributed by atoms with Crippen LogP contribution in [0.2, 0.25) is 0 Å². The maximum absolute atomic E-state index is 12.9. The minimum absolute atomic E-state index is 0.204. The highest BCUT2D eigenvalue weighted by Crippen LogP contribution is 2.43. The van der Waals surface area contributed by atoms with Crippen LogP contribution in [-0.2, 0) is 19.0 Å². The van der Waals surface area contributed by atoms with E-state index in [9.17, 15) is 9.59 Å². The molecule has 156 valence electrons. The van der Waals surface area contributed by atoms with Gasteiger partial charge in [-0.05, 0) is 48.5 Å². The monoisotopic (exact) mass is 411 g/mol. The minimum atomic E-state index is -0.857. The Morgan fingerprint density at radius 1 is 1.43 bits per heavy atom. The number of carbonyl (C=O) groups is 2. The summed E-state index contributed by atoms with van der Waals surface area (Å²) in [5, 5.41) is 2.39. The van der Waals surface area contributed by atoms with E-state index in [1.165, 1.54) is 17.4 Å². The van der Waals surface area contributed by atoms with E-state index in [0.29, 0.717) is 10.7 Å². The van der Waals surface area contributed by atoms with Crippen LogP contribution < -0.4 is 5.73 Å². The van der Waals surface area contributed by atoms with Crippen molar-refractivity contribution >= 4 is 29.1 Å². The Hall–Kier alpha value is -2.13. The van der Waals surface area contributed by atoms with E-state index in [2.05, 4.69) is 4.98 Å². The fraction of sp³-hybridized carbons (Fsp3) is 0.632. The lowest BCUT2D eigenvalue weighted by Gasteiger charge is -2.34. The van der Waals surface area contributed by atoms with Crippen LogP contribution in [0.1, 0.15) is 65.2 Å². The Balaban J connectivity index is 2.33. The summed E-state index contributed by atoms with van der Waals surface area (Å²) in [6.45, 7) is 12.9. The van der Waals surface area contributed by atoms with Crippen LogP contribution in [0.25, 0.3) is 5.70 Å². The molecule has 1 aliphatic rings. The SMILES string of the molecule is CCOC(=O)/C=C(\N)c1csc([C@@H]2[C@@H](C)OC(C)(C)N2C(=O)OC(C)(C)C)n1. The number of hydrogen-bond acceptors (Lipinski definition) is 8. The molecule has 28 heavy (non-hydrogen) atoms. The first-order valence-electron chi connectivity index (χ1n) is 9.15. The lowest BCUT2D eigenvalue weighted by Crippen LogP contribution is -2.47. The Labute approximate surface area is 169 Å². The molecule has 1 fully saturated rings. The summed E-state index contributed by atoms with van der Waals surface area (Å²) < 4.78 is 16.5. The summed E-state index contributed by atoms with van der Waals surface area (Å²) in [5.41, 5.74) is 5.14. The van der Waals surface area contributed by atoms with Gasteiger partial charge in [0.05, 0.1) is 24.1 Å². The van der Waals surface area contributed by atoms with Crippen molar-refractivity contribution in [2.45, 2.75) is 71.9 Å². The zero-order chi connectivity index (χ0) is 21.3. The number of nitrogens with two attached hydrogens (primary N) is 1. The number of rotatable bonds is 4. The number of thiazole rings is 1. The van der Waals surface area contributed by atoms with Gasteiger partial charge in [-0.15, -0.1) is 11.3 Å². The summed E-state index contributed by atoms with van der Waals surface area (Å²) in [7, 11) is 0. The summed E-state index contributed by atoms with van der Waals surface area (Å²) in [6.07, 6.45) is 0.433. The van der Waals surface area contributed by atoms with Gasteiger partial charge in [-0.1, -0.05) is 0 Å². The number of ether oxygens (including phenoxy) is 3. The number of amides is 1. The number of nitrogens with zero attached hydrogens (tertiary/aromatic N) is 2. The Morgan fingerprint density at radius 3 is 2.64 bits per heavy atom. The largest absolute Gasteiger partial charge is 0.463 e. The average Bonchev–Trinajstić information content (AvgIpc) is 3.07. The molecule has 1 aromatic rings. The Bertz CT molecular complexity index is 766. The van der Waals surface area contributed by atoms with Gasteiger partial charge >= 0.3 is 12.1 Å². The molecule has 2 rings (SSSR count). The van der Waals surface area contributed by atoms with E-state index in [1.54, 1.807) is 17.2 Å². The predicted molar refractivity (Wildman–Crippen MR) is 106 cm³/mol. The van der Waals surface area contributed by atoms with Crippen LogP contribution >= 0.6 is 11.3 Å². The lowest BCUT2D eigenvalue weighted by atomic mass is 10.1. The van der Waals surface area contributed by atoms with E-state index in [1.807, 2.05) is 41.5 Å². The average molecular weight is 412 g/mol. The van der Waals surface area contributed by atoms with Crippen LogP contribution in [0.5, 0.6) is 0 Å². The predicted octanol–water partition coefficient (Wildman–Crippen LogP) is 3.44. The van der Waals surface area contributed by atoms with Crippen molar-refractivity contribution in [3.63, 3.8) is 0 Å². The molecular weight excluding hydrogens is 382 g/mol.